The van der Waals surface area contributed by atoms with Crippen LogP contribution in [0.25, 0.3) is 11.6 Å². The number of carbonyl (C=O) groups is 1. The molecule has 4 rings (SSSR count). The molecule has 1 aliphatic heterocycles. The van der Waals surface area contributed by atoms with Crippen molar-refractivity contribution in [1.29, 1.82) is 0 Å². The molecule has 1 N–H and O–H groups in total. The zero-order valence-corrected chi connectivity index (χ0v) is 19.6. The fourth-order valence-electron chi connectivity index (χ4n) is 3.92. The van der Waals surface area contributed by atoms with Crippen LogP contribution in [0.15, 0.2) is 72.8 Å². The van der Waals surface area contributed by atoms with Crippen LogP contribution in [-0.4, -0.2) is 51.3 Å². The normalized spacial score (nSPS) is 14.5. The van der Waals surface area contributed by atoms with Gasteiger partial charge in [-0.1, -0.05) is 48.5 Å². The highest BCUT2D eigenvalue weighted by Gasteiger charge is 2.14. The van der Waals surface area contributed by atoms with E-state index in [2.05, 4.69) is 22.3 Å². The van der Waals surface area contributed by atoms with Crippen molar-refractivity contribution >= 4 is 23.2 Å². The molecule has 0 aliphatic carbocycles. The highest BCUT2D eigenvalue weighted by atomic mass is 16.5. The van der Waals surface area contributed by atoms with Gasteiger partial charge in [-0.2, -0.15) is 0 Å². The van der Waals surface area contributed by atoms with E-state index in [1.54, 1.807) is 14.2 Å². The molecule has 3 aromatic rings. The Morgan fingerprint density at radius 1 is 0.941 bits per heavy atom. The van der Waals surface area contributed by atoms with E-state index in [9.17, 15) is 4.79 Å². The van der Waals surface area contributed by atoms with Crippen LogP contribution in [0.3, 0.4) is 0 Å². The van der Waals surface area contributed by atoms with E-state index in [-0.39, 0.29) is 5.91 Å². The third-order valence-corrected chi connectivity index (χ3v) is 5.77. The first-order valence-corrected chi connectivity index (χ1v) is 11.4. The quantitative estimate of drug-likeness (QED) is 0.391. The minimum Gasteiger partial charge on any atom is -0.493 e. The van der Waals surface area contributed by atoms with Crippen LogP contribution in [0.2, 0.25) is 0 Å². The van der Waals surface area contributed by atoms with Gasteiger partial charge in [-0.05, 0) is 47.0 Å². The Balaban J connectivity index is 1.54. The zero-order valence-electron chi connectivity index (χ0n) is 19.6. The molecule has 0 unspecified atom stereocenters. The Kier molecular flexibility index (Phi) is 7.96. The predicted octanol–water partition coefficient (Wildman–Crippen LogP) is 4.72. The Bertz CT molecular complexity index is 1120. The lowest BCUT2D eigenvalue weighted by Gasteiger charge is -2.26. The van der Waals surface area contributed by atoms with Crippen LogP contribution in [-0.2, 0) is 16.1 Å². The number of nitrogens with zero attached hydrogens (tertiary/aromatic N) is 1. The van der Waals surface area contributed by atoms with Crippen molar-refractivity contribution in [2.75, 3.05) is 45.8 Å². The molecule has 6 nitrogen and oxygen atoms in total. The van der Waals surface area contributed by atoms with Gasteiger partial charge in [0.25, 0.3) is 5.91 Å². The van der Waals surface area contributed by atoms with Gasteiger partial charge in [0.15, 0.2) is 11.5 Å². The van der Waals surface area contributed by atoms with Crippen molar-refractivity contribution in [3.63, 3.8) is 0 Å². The summed E-state index contributed by atoms with van der Waals surface area (Å²) in [5, 5.41) is 3.05. The van der Waals surface area contributed by atoms with Crippen LogP contribution in [0.4, 0.5) is 5.69 Å². The van der Waals surface area contributed by atoms with Crippen molar-refractivity contribution in [3.05, 3.63) is 89.5 Å². The highest BCUT2D eigenvalue weighted by molar-refractivity contribution is 6.29. The van der Waals surface area contributed by atoms with Crippen molar-refractivity contribution in [2.45, 2.75) is 6.54 Å². The summed E-state index contributed by atoms with van der Waals surface area (Å²) in [5.74, 6) is 1.07. The topological polar surface area (TPSA) is 60.0 Å². The number of anilines is 1. The maximum atomic E-state index is 13.3. The number of morpholine rings is 1. The standard InChI is InChI=1S/C28H30N2O4/c1-32-26-13-10-22(19-27(26)33-2)18-25(23-6-4-3-5-7-23)28(31)29-24-11-8-21(9-12-24)20-30-14-16-34-17-15-30/h3-13,18-19H,14-17,20H2,1-2H3,(H,29,31)/b25-18+. The smallest absolute Gasteiger partial charge is 0.256 e. The first-order chi connectivity index (χ1) is 16.7. The van der Waals surface area contributed by atoms with Gasteiger partial charge in [-0.25, -0.2) is 0 Å². The monoisotopic (exact) mass is 458 g/mol. The first kappa shape index (κ1) is 23.5. The number of rotatable bonds is 8. The number of hydrogen-bond donors (Lipinski definition) is 1. The second-order valence-electron chi connectivity index (χ2n) is 8.08. The van der Waals surface area contributed by atoms with Gasteiger partial charge in [-0.15, -0.1) is 0 Å². The van der Waals surface area contributed by atoms with E-state index >= 15 is 0 Å². The van der Waals surface area contributed by atoms with Gasteiger partial charge < -0.3 is 19.5 Å². The molecule has 0 radical (unpaired) electrons. The minimum absolute atomic E-state index is 0.179. The molecule has 0 atom stereocenters. The molecular formula is C28H30N2O4. The summed E-state index contributed by atoms with van der Waals surface area (Å²) in [4.78, 5) is 15.7. The summed E-state index contributed by atoms with van der Waals surface area (Å²) in [6.07, 6.45) is 1.86. The molecule has 1 heterocycles. The number of benzene rings is 3. The fourth-order valence-corrected chi connectivity index (χ4v) is 3.92. The molecule has 0 saturated carbocycles. The van der Waals surface area contributed by atoms with Gasteiger partial charge in [-0.3, -0.25) is 9.69 Å². The summed E-state index contributed by atoms with van der Waals surface area (Å²) < 4.78 is 16.2. The average molecular weight is 459 g/mol. The van der Waals surface area contributed by atoms with Crippen LogP contribution >= 0.6 is 0 Å². The first-order valence-electron chi connectivity index (χ1n) is 11.4. The highest BCUT2D eigenvalue weighted by Crippen LogP contribution is 2.30. The average Bonchev–Trinajstić information content (AvgIpc) is 2.89. The van der Waals surface area contributed by atoms with Crippen LogP contribution in [0.1, 0.15) is 16.7 Å². The third-order valence-electron chi connectivity index (χ3n) is 5.77. The molecule has 1 fully saturated rings. The number of carbonyl (C=O) groups excluding carboxylic acids is 1. The molecule has 34 heavy (non-hydrogen) atoms. The Hall–Kier alpha value is -3.61. The van der Waals surface area contributed by atoms with Gasteiger partial charge in [0.2, 0.25) is 0 Å². The summed E-state index contributed by atoms with van der Waals surface area (Å²) in [5.41, 5.74) is 4.20. The molecule has 176 valence electrons. The lowest BCUT2D eigenvalue weighted by Crippen LogP contribution is -2.35. The second-order valence-corrected chi connectivity index (χ2v) is 8.08. The Labute approximate surface area is 200 Å². The van der Waals surface area contributed by atoms with Crippen molar-refractivity contribution in [3.8, 4) is 11.5 Å². The lowest BCUT2D eigenvalue weighted by molar-refractivity contribution is -0.111. The van der Waals surface area contributed by atoms with Gasteiger partial charge in [0.1, 0.15) is 0 Å². The molecule has 6 heteroatoms. The molecule has 1 amide bonds. The SMILES string of the molecule is COc1ccc(/C=C(/C(=O)Nc2ccc(CN3CCOCC3)cc2)c2ccccc2)cc1OC. The van der Waals surface area contributed by atoms with E-state index in [0.717, 1.165) is 49.7 Å². The predicted molar refractivity (Wildman–Crippen MR) is 135 cm³/mol. The number of hydrogen-bond acceptors (Lipinski definition) is 5. The molecule has 0 spiro atoms. The van der Waals surface area contributed by atoms with Gasteiger partial charge in [0.05, 0.1) is 27.4 Å². The van der Waals surface area contributed by atoms with E-state index in [0.29, 0.717) is 17.1 Å². The molecule has 1 saturated heterocycles. The molecule has 3 aromatic carbocycles. The van der Waals surface area contributed by atoms with Gasteiger partial charge >= 0.3 is 0 Å². The maximum Gasteiger partial charge on any atom is 0.256 e. The molecule has 1 aliphatic rings. The molecule has 0 bridgehead atoms. The van der Waals surface area contributed by atoms with Crippen LogP contribution in [0.5, 0.6) is 11.5 Å². The second kappa shape index (κ2) is 11.5. The maximum absolute atomic E-state index is 13.3. The number of ether oxygens (including phenoxy) is 3. The summed E-state index contributed by atoms with van der Waals surface area (Å²) in [6.45, 7) is 4.33. The van der Waals surface area contributed by atoms with Crippen LogP contribution < -0.4 is 14.8 Å². The Morgan fingerprint density at radius 2 is 1.65 bits per heavy atom. The summed E-state index contributed by atoms with van der Waals surface area (Å²) in [7, 11) is 3.20. The fraction of sp³-hybridized carbons (Fsp3) is 0.250. The minimum atomic E-state index is -0.179. The van der Waals surface area contributed by atoms with E-state index < -0.39 is 0 Å². The van der Waals surface area contributed by atoms with Crippen molar-refractivity contribution in [1.82, 2.24) is 4.90 Å². The Morgan fingerprint density at radius 3 is 2.32 bits per heavy atom. The van der Waals surface area contributed by atoms with E-state index in [4.69, 9.17) is 14.2 Å². The number of nitrogens with one attached hydrogen (secondary N) is 1. The number of amides is 1. The number of methoxy groups -OCH3 is 2. The van der Waals surface area contributed by atoms with Crippen molar-refractivity contribution < 1.29 is 19.0 Å². The van der Waals surface area contributed by atoms with Gasteiger partial charge in [0, 0.05) is 30.9 Å². The van der Waals surface area contributed by atoms with E-state index in [1.165, 1.54) is 5.56 Å². The molecule has 0 aromatic heterocycles. The lowest BCUT2D eigenvalue weighted by atomic mass is 10.0. The summed E-state index contributed by atoms with van der Waals surface area (Å²) >= 11 is 0. The van der Waals surface area contributed by atoms with Crippen molar-refractivity contribution in [2.24, 2.45) is 0 Å². The zero-order chi connectivity index (χ0) is 23.8. The van der Waals surface area contributed by atoms with Crippen LogP contribution in [0, 0.1) is 0 Å². The largest absolute Gasteiger partial charge is 0.493 e. The van der Waals surface area contributed by atoms with E-state index in [1.807, 2.05) is 66.7 Å². The third kappa shape index (κ3) is 6.04. The summed E-state index contributed by atoms with van der Waals surface area (Å²) in [6, 6.07) is 23.2. The molecular weight excluding hydrogens is 428 g/mol.